The summed E-state index contributed by atoms with van der Waals surface area (Å²) in [6.07, 6.45) is 5.09. The van der Waals surface area contributed by atoms with Crippen LogP contribution >= 0.6 is 0 Å². The molecule has 0 aliphatic heterocycles. The molecule has 0 N–H and O–H groups in total. The molecule has 2 rings (SSSR count). The zero-order chi connectivity index (χ0) is 11.8. The van der Waals surface area contributed by atoms with Crippen molar-refractivity contribution in [2.24, 2.45) is 0 Å². The van der Waals surface area contributed by atoms with E-state index in [-0.39, 0.29) is 0 Å². The van der Waals surface area contributed by atoms with E-state index < -0.39 is 0 Å². The number of pyridine rings is 2. The Balaban J connectivity index is 0.000000606. The van der Waals surface area contributed by atoms with Crippen LogP contribution in [0.25, 0.3) is 0 Å². The summed E-state index contributed by atoms with van der Waals surface area (Å²) in [5, 5.41) is 0. The smallest absolute Gasteiger partial charge is 0.145 e. The summed E-state index contributed by atoms with van der Waals surface area (Å²) < 4.78 is 5.53. The summed E-state index contributed by atoms with van der Waals surface area (Å²) in [7, 11) is 0. The summed E-state index contributed by atoms with van der Waals surface area (Å²) in [4.78, 5) is 8.04. The summed E-state index contributed by atoms with van der Waals surface area (Å²) >= 11 is 0. The quantitative estimate of drug-likeness (QED) is 0.769. The second kappa shape index (κ2) is 6.56. The Kier molecular flexibility index (Phi) is 4.99. The van der Waals surface area contributed by atoms with Gasteiger partial charge in [0.1, 0.15) is 11.5 Å². The standard InChI is InChI=1S/C11H10N2O.C2H6/c1-9-2-3-11(8-13-9)14-10-4-6-12-7-5-10;1-2/h2-8H,1H3;1-2H3. The van der Waals surface area contributed by atoms with Gasteiger partial charge in [-0.3, -0.25) is 9.97 Å². The lowest BCUT2D eigenvalue weighted by molar-refractivity contribution is 0.479. The highest BCUT2D eigenvalue weighted by atomic mass is 16.5. The highest BCUT2D eigenvalue weighted by molar-refractivity contribution is 5.27. The van der Waals surface area contributed by atoms with Gasteiger partial charge < -0.3 is 4.74 Å². The molecular formula is C13H16N2O. The molecule has 0 bridgehead atoms. The van der Waals surface area contributed by atoms with Crippen LogP contribution < -0.4 is 4.74 Å². The molecule has 0 unspecified atom stereocenters. The molecule has 0 amide bonds. The second-order valence-electron chi connectivity index (χ2n) is 2.92. The van der Waals surface area contributed by atoms with Gasteiger partial charge in [0, 0.05) is 18.1 Å². The number of hydrogen-bond acceptors (Lipinski definition) is 3. The molecule has 0 aromatic carbocycles. The third kappa shape index (κ3) is 3.69. The average Bonchev–Trinajstić information content (AvgIpc) is 2.36. The van der Waals surface area contributed by atoms with Gasteiger partial charge in [0.2, 0.25) is 0 Å². The van der Waals surface area contributed by atoms with Gasteiger partial charge in [0.15, 0.2) is 0 Å². The number of hydrogen-bond donors (Lipinski definition) is 0. The van der Waals surface area contributed by atoms with Crippen LogP contribution in [0, 0.1) is 6.92 Å². The van der Waals surface area contributed by atoms with Crippen LogP contribution in [0.4, 0.5) is 0 Å². The molecule has 0 fully saturated rings. The first kappa shape index (κ1) is 12.2. The maximum absolute atomic E-state index is 5.53. The van der Waals surface area contributed by atoms with Crippen molar-refractivity contribution in [1.29, 1.82) is 0 Å². The fourth-order valence-corrected chi connectivity index (χ4v) is 1.06. The van der Waals surface area contributed by atoms with E-state index in [2.05, 4.69) is 9.97 Å². The van der Waals surface area contributed by atoms with Gasteiger partial charge in [-0.25, -0.2) is 0 Å². The van der Waals surface area contributed by atoms with Gasteiger partial charge in [-0.1, -0.05) is 13.8 Å². The van der Waals surface area contributed by atoms with Crippen LogP contribution in [-0.2, 0) is 0 Å². The SMILES string of the molecule is CC.Cc1ccc(Oc2ccncc2)cn1. The molecule has 2 aromatic rings. The third-order valence-corrected chi connectivity index (χ3v) is 1.77. The molecule has 3 nitrogen and oxygen atoms in total. The van der Waals surface area contributed by atoms with Crippen molar-refractivity contribution in [3.05, 3.63) is 48.5 Å². The molecule has 2 heterocycles. The summed E-state index contributed by atoms with van der Waals surface area (Å²) in [6.45, 7) is 5.94. The Morgan fingerprint density at radius 2 is 1.62 bits per heavy atom. The number of rotatable bonds is 2. The van der Waals surface area contributed by atoms with Crippen molar-refractivity contribution in [2.45, 2.75) is 20.8 Å². The van der Waals surface area contributed by atoms with Gasteiger partial charge in [-0.2, -0.15) is 0 Å². The Hall–Kier alpha value is -1.90. The van der Waals surface area contributed by atoms with Crippen LogP contribution in [0.15, 0.2) is 42.9 Å². The van der Waals surface area contributed by atoms with Crippen LogP contribution in [0.1, 0.15) is 19.5 Å². The summed E-state index contributed by atoms with van der Waals surface area (Å²) in [5.74, 6) is 1.51. The normalized spacial score (nSPS) is 8.94. The lowest BCUT2D eigenvalue weighted by Crippen LogP contribution is -1.86. The first-order valence-electron chi connectivity index (χ1n) is 5.35. The van der Waals surface area contributed by atoms with Crippen LogP contribution in [0.3, 0.4) is 0 Å². The monoisotopic (exact) mass is 216 g/mol. The highest BCUT2D eigenvalue weighted by Gasteiger charge is 1.95. The molecule has 0 saturated heterocycles. The van der Waals surface area contributed by atoms with Crippen molar-refractivity contribution in [1.82, 2.24) is 9.97 Å². The lowest BCUT2D eigenvalue weighted by Gasteiger charge is -2.03. The molecule has 0 aliphatic rings. The molecule has 0 saturated carbocycles. The number of ether oxygens (including phenoxy) is 1. The Labute approximate surface area is 96.1 Å². The minimum absolute atomic E-state index is 0.738. The molecular weight excluding hydrogens is 200 g/mol. The van der Waals surface area contributed by atoms with Crippen molar-refractivity contribution in [3.63, 3.8) is 0 Å². The largest absolute Gasteiger partial charge is 0.456 e. The molecule has 0 spiro atoms. The van der Waals surface area contributed by atoms with Crippen molar-refractivity contribution in [2.75, 3.05) is 0 Å². The van der Waals surface area contributed by atoms with Gasteiger partial charge in [-0.05, 0) is 31.2 Å². The Morgan fingerprint density at radius 1 is 0.938 bits per heavy atom. The zero-order valence-corrected chi connectivity index (χ0v) is 9.84. The maximum atomic E-state index is 5.53. The van der Waals surface area contributed by atoms with Gasteiger partial charge >= 0.3 is 0 Å². The van der Waals surface area contributed by atoms with Crippen molar-refractivity contribution in [3.8, 4) is 11.5 Å². The predicted octanol–water partition coefficient (Wildman–Crippen LogP) is 3.60. The second-order valence-corrected chi connectivity index (χ2v) is 2.92. The Morgan fingerprint density at radius 3 is 2.19 bits per heavy atom. The van der Waals surface area contributed by atoms with Crippen LogP contribution in [0.5, 0.6) is 11.5 Å². The van der Waals surface area contributed by atoms with Crippen LogP contribution in [0.2, 0.25) is 0 Å². The summed E-state index contributed by atoms with van der Waals surface area (Å²) in [5.41, 5.74) is 0.979. The summed E-state index contributed by atoms with van der Waals surface area (Å²) in [6, 6.07) is 7.42. The first-order valence-corrected chi connectivity index (χ1v) is 5.35. The fraction of sp³-hybridized carbons (Fsp3) is 0.231. The maximum Gasteiger partial charge on any atom is 0.145 e. The van der Waals surface area contributed by atoms with E-state index in [1.807, 2.05) is 32.9 Å². The molecule has 0 aliphatic carbocycles. The van der Waals surface area contributed by atoms with E-state index in [0.29, 0.717) is 0 Å². The molecule has 0 atom stereocenters. The van der Waals surface area contributed by atoms with Gasteiger partial charge in [0.25, 0.3) is 0 Å². The molecule has 0 radical (unpaired) electrons. The van der Waals surface area contributed by atoms with Gasteiger partial charge in [0.05, 0.1) is 6.20 Å². The van der Waals surface area contributed by atoms with E-state index in [1.165, 1.54) is 0 Å². The predicted molar refractivity (Wildman–Crippen MR) is 64.6 cm³/mol. The van der Waals surface area contributed by atoms with E-state index >= 15 is 0 Å². The fourth-order valence-electron chi connectivity index (χ4n) is 1.06. The van der Waals surface area contributed by atoms with E-state index in [9.17, 15) is 0 Å². The molecule has 3 heteroatoms. The third-order valence-electron chi connectivity index (χ3n) is 1.77. The van der Waals surface area contributed by atoms with Crippen LogP contribution in [-0.4, -0.2) is 9.97 Å². The number of aromatic nitrogens is 2. The van der Waals surface area contributed by atoms with E-state index in [4.69, 9.17) is 4.74 Å². The first-order chi connectivity index (χ1) is 7.84. The van der Waals surface area contributed by atoms with Crippen molar-refractivity contribution < 1.29 is 4.74 Å². The average molecular weight is 216 g/mol. The number of aryl methyl sites for hydroxylation is 1. The van der Waals surface area contributed by atoms with E-state index in [1.54, 1.807) is 30.7 Å². The molecule has 84 valence electrons. The van der Waals surface area contributed by atoms with Gasteiger partial charge in [-0.15, -0.1) is 0 Å². The number of nitrogens with zero attached hydrogens (tertiary/aromatic N) is 2. The lowest BCUT2D eigenvalue weighted by atomic mass is 10.4. The molecule has 16 heavy (non-hydrogen) atoms. The van der Waals surface area contributed by atoms with E-state index in [0.717, 1.165) is 17.2 Å². The molecule has 2 aromatic heterocycles. The zero-order valence-electron chi connectivity index (χ0n) is 9.84. The minimum atomic E-state index is 0.738. The highest BCUT2D eigenvalue weighted by Crippen LogP contribution is 2.18. The minimum Gasteiger partial charge on any atom is -0.456 e. The topological polar surface area (TPSA) is 35.0 Å². The van der Waals surface area contributed by atoms with Crippen molar-refractivity contribution >= 4 is 0 Å². The Bertz CT molecular complexity index is 398.